The summed E-state index contributed by atoms with van der Waals surface area (Å²) in [6, 6.07) is 1.56. The first kappa shape index (κ1) is 19.5. The maximum Gasteiger partial charge on any atom is 0.261 e. The van der Waals surface area contributed by atoms with Gasteiger partial charge in [0, 0.05) is 12.1 Å². The van der Waals surface area contributed by atoms with Gasteiger partial charge in [0.2, 0.25) is 0 Å². The number of hydrogen-bond acceptors (Lipinski definition) is 5. The summed E-state index contributed by atoms with van der Waals surface area (Å²) in [5, 5.41) is 16.5. The molecule has 0 aliphatic carbocycles. The predicted molar refractivity (Wildman–Crippen MR) is 95.8 cm³/mol. The Bertz CT molecular complexity index is 836. The van der Waals surface area contributed by atoms with Crippen molar-refractivity contribution < 1.29 is 13.2 Å². The third-order valence-electron chi connectivity index (χ3n) is 4.09. The standard InChI is InChI=1S/C16H21ClN4O3S/c1-3-4-6-19-16(22)12(9-18)8-14-11(2)20-21(15(14)17)13-5-7-25(23,24)10-13/h8,13H,3-7,10H2,1-2H3,(H,19,22)/b12-8+/t13-/m1/s1. The Morgan fingerprint density at radius 2 is 2.28 bits per heavy atom. The van der Waals surface area contributed by atoms with Gasteiger partial charge in [0.05, 0.1) is 23.2 Å². The Hall–Kier alpha value is -1.85. The number of hydrogen-bond donors (Lipinski definition) is 1. The van der Waals surface area contributed by atoms with E-state index in [2.05, 4.69) is 10.4 Å². The van der Waals surface area contributed by atoms with Crippen LogP contribution in [0, 0.1) is 18.3 Å². The van der Waals surface area contributed by atoms with E-state index in [0.29, 0.717) is 24.2 Å². The molecule has 25 heavy (non-hydrogen) atoms. The van der Waals surface area contributed by atoms with E-state index in [1.54, 1.807) is 6.92 Å². The molecule has 1 aliphatic rings. The zero-order chi connectivity index (χ0) is 18.6. The number of aromatic nitrogens is 2. The summed E-state index contributed by atoms with van der Waals surface area (Å²) < 4.78 is 24.8. The minimum atomic E-state index is -3.07. The van der Waals surface area contributed by atoms with Crippen molar-refractivity contribution in [3.63, 3.8) is 0 Å². The number of sulfone groups is 1. The van der Waals surface area contributed by atoms with Crippen LogP contribution in [-0.4, -0.2) is 42.2 Å². The Labute approximate surface area is 152 Å². The first-order valence-electron chi connectivity index (χ1n) is 8.14. The van der Waals surface area contributed by atoms with Crippen LogP contribution in [0.4, 0.5) is 0 Å². The van der Waals surface area contributed by atoms with Crippen molar-refractivity contribution in [3.05, 3.63) is 22.0 Å². The van der Waals surface area contributed by atoms with E-state index < -0.39 is 15.7 Å². The van der Waals surface area contributed by atoms with Crippen LogP contribution in [0.1, 0.15) is 43.5 Å². The number of carbonyl (C=O) groups is 1. The number of rotatable bonds is 6. The Morgan fingerprint density at radius 1 is 1.56 bits per heavy atom. The number of nitrogens with zero attached hydrogens (tertiary/aromatic N) is 3. The van der Waals surface area contributed by atoms with Crippen LogP contribution in [0.3, 0.4) is 0 Å². The second-order valence-electron chi connectivity index (χ2n) is 6.07. The summed E-state index contributed by atoms with van der Waals surface area (Å²) >= 11 is 6.36. The fraction of sp³-hybridized carbons (Fsp3) is 0.562. The smallest absolute Gasteiger partial charge is 0.261 e. The molecule has 1 N–H and O–H groups in total. The van der Waals surface area contributed by atoms with Crippen LogP contribution in [0.2, 0.25) is 5.15 Å². The van der Waals surface area contributed by atoms with Gasteiger partial charge in [0.15, 0.2) is 9.84 Å². The Morgan fingerprint density at radius 3 is 2.84 bits per heavy atom. The largest absolute Gasteiger partial charge is 0.351 e. The van der Waals surface area contributed by atoms with Gasteiger partial charge < -0.3 is 5.32 Å². The van der Waals surface area contributed by atoms with Gasteiger partial charge in [0.1, 0.15) is 16.8 Å². The number of aryl methyl sites for hydroxylation is 1. The first-order chi connectivity index (χ1) is 11.8. The van der Waals surface area contributed by atoms with Gasteiger partial charge in [-0.1, -0.05) is 24.9 Å². The molecular weight excluding hydrogens is 364 g/mol. The van der Waals surface area contributed by atoms with Gasteiger partial charge in [-0.3, -0.25) is 4.79 Å². The lowest BCUT2D eigenvalue weighted by molar-refractivity contribution is -0.117. The molecule has 1 atom stereocenters. The van der Waals surface area contributed by atoms with E-state index in [9.17, 15) is 18.5 Å². The van der Waals surface area contributed by atoms with Crippen molar-refractivity contribution >= 4 is 33.4 Å². The fourth-order valence-corrected chi connectivity index (χ4v) is 4.73. The third-order valence-corrected chi connectivity index (χ3v) is 6.22. The molecule has 0 saturated carbocycles. The molecule has 2 heterocycles. The lowest BCUT2D eigenvalue weighted by Gasteiger charge is -2.09. The molecule has 1 aromatic rings. The molecule has 1 amide bonds. The molecule has 136 valence electrons. The number of unbranched alkanes of at least 4 members (excludes halogenated alkanes) is 1. The summed E-state index contributed by atoms with van der Waals surface area (Å²) in [6.45, 7) is 4.22. The first-order valence-corrected chi connectivity index (χ1v) is 10.3. The lowest BCUT2D eigenvalue weighted by Crippen LogP contribution is -2.25. The van der Waals surface area contributed by atoms with Crippen LogP contribution in [0.15, 0.2) is 5.57 Å². The lowest BCUT2D eigenvalue weighted by atomic mass is 10.1. The summed E-state index contributed by atoms with van der Waals surface area (Å²) in [6.07, 6.45) is 3.63. The fourth-order valence-electron chi connectivity index (χ4n) is 2.67. The second-order valence-corrected chi connectivity index (χ2v) is 8.66. The van der Waals surface area contributed by atoms with Crippen molar-refractivity contribution in [3.8, 4) is 6.07 Å². The number of nitrogens with one attached hydrogen (secondary N) is 1. The molecule has 9 heteroatoms. The highest BCUT2D eigenvalue weighted by atomic mass is 35.5. The van der Waals surface area contributed by atoms with Crippen molar-refractivity contribution in [2.75, 3.05) is 18.1 Å². The molecule has 0 bridgehead atoms. The van der Waals surface area contributed by atoms with Crippen molar-refractivity contribution in [2.24, 2.45) is 0 Å². The van der Waals surface area contributed by atoms with Crippen LogP contribution < -0.4 is 5.32 Å². The van der Waals surface area contributed by atoms with Gasteiger partial charge in [0.25, 0.3) is 5.91 Å². The van der Waals surface area contributed by atoms with Gasteiger partial charge in [-0.05, 0) is 25.8 Å². The predicted octanol–water partition coefficient (Wildman–Crippen LogP) is 2.03. The maximum atomic E-state index is 12.1. The molecule has 1 saturated heterocycles. The average Bonchev–Trinajstić information content (AvgIpc) is 3.05. The van der Waals surface area contributed by atoms with E-state index in [1.807, 2.05) is 13.0 Å². The van der Waals surface area contributed by atoms with Crippen LogP contribution >= 0.6 is 11.6 Å². The van der Waals surface area contributed by atoms with Crippen molar-refractivity contribution in [1.82, 2.24) is 15.1 Å². The van der Waals surface area contributed by atoms with E-state index in [-0.39, 0.29) is 28.3 Å². The zero-order valence-electron chi connectivity index (χ0n) is 14.2. The zero-order valence-corrected chi connectivity index (χ0v) is 15.8. The van der Waals surface area contributed by atoms with Crippen LogP contribution in [0.25, 0.3) is 6.08 Å². The number of carbonyl (C=O) groups excluding carboxylic acids is 1. The van der Waals surface area contributed by atoms with E-state index in [0.717, 1.165) is 12.8 Å². The third kappa shape index (κ3) is 4.61. The SMILES string of the molecule is CCCCNC(=O)/C(C#N)=C/c1c(C)nn([C@@H]2CCS(=O)(=O)C2)c1Cl. The highest BCUT2D eigenvalue weighted by Crippen LogP contribution is 2.30. The maximum absolute atomic E-state index is 12.1. The molecular formula is C16H21ClN4O3S. The highest BCUT2D eigenvalue weighted by molar-refractivity contribution is 7.91. The molecule has 1 aromatic heterocycles. The van der Waals surface area contributed by atoms with Crippen LogP contribution in [0.5, 0.6) is 0 Å². The molecule has 7 nitrogen and oxygen atoms in total. The van der Waals surface area contributed by atoms with Crippen LogP contribution in [-0.2, 0) is 14.6 Å². The quantitative estimate of drug-likeness (QED) is 0.459. The number of halogens is 1. The van der Waals surface area contributed by atoms with Gasteiger partial charge >= 0.3 is 0 Å². The Kier molecular flexibility index (Phi) is 6.25. The summed E-state index contributed by atoms with van der Waals surface area (Å²) in [5.74, 6) is -0.344. The molecule has 2 rings (SSSR count). The summed E-state index contributed by atoms with van der Waals surface area (Å²) in [4.78, 5) is 12.1. The van der Waals surface area contributed by atoms with E-state index in [4.69, 9.17) is 11.6 Å². The minimum absolute atomic E-state index is 0.000392. The van der Waals surface area contributed by atoms with Crippen molar-refractivity contribution in [1.29, 1.82) is 5.26 Å². The van der Waals surface area contributed by atoms with Gasteiger partial charge in [-0.2, -0.15) is 10.4 Å². The highest BCUT2D eigenvalue weighted by Gasteiger charge is 2.32. The molecule has 0 radical (unpaired) electrons. The molecule has 0 aromatic carbocycles. The van der Waals surface area contributed by atoms with Crippen molar-refractivity contribution in [2.45, 2.75) is 39.2 Å². The molecule has 1 aliphatic heterocycles. The second kappa shape index (κ2) is 8.02. The normalized spacial score (nSPS) is 19.6. The number of amides is 1. The monoisotopic (exact) mass is 384 g/mol. The summed E-state index contributed by atoms with van der Waals surface area (Å²) in [7, 11) is -3.07. The minimum Gasteiger partial charge on any atom is -0.351 e. The number of nitriles is 1. The molecule has 0 spiro atoms. The molecule has 0 unspecified atom stereocenters. The Balaban J connectivity index is 2.27. The van der Waals surface area contributed by atoms with Gasteiger partial charge in [-0.25, -0.2) is 13.1 Å². The average molecular weight is 385 g/mol. The molecule has 1 fully saturated rings. The van der Waals surface area contributed by atoms with E-state index >= 15 is 0 Å². The van der Waals surface area contributed by atoms with Gasteiger partial charge in [-0.15, -0.1) is 0 Å². The van der Waals surface area contributed by atoms with E-state index in [1.165, 1.54) is 10.8 Å². The topological polar surface area (TPSA) is 105 Å². The summed E-state index contributed by atoms with van der Waals surface area (Å²) in [5.41, 5.74) is 0.955.